The summed E-state index contributed by atoms with van der Waals surface area (Å²) in [5.74, 6) is 0.223. The quantitative estimate of drug-likeness (QED) is 0.621. The molecule has 3 nitrogen and oxygen atoms in total. The van der Waals surface area contributed by atoms with E-state index in [1.807, 2.05) is 0 Å². The van der Waals surface area contributed by atoms with E-state index in [4.69, 9.17) is 0 Å². The monoisotopic (exact) mass is 254 g/mol. The summed E-state index contributed by atoms with van der Waals surface area (Å²) in [6.07, 6.45) is 10.5. The fraction of sp³-hybridized carbons (Fsp3) is 0.933. The molecule has 18 heavy (non-hydrogen) atoms. The van der Waals surface area contributed by atoms with E-state index in [2.05, 4.69) is 24.5 Å². The Morgan fingerprint density at radius 3 is 2.61 bits per heavy atom. The molecule has 0 spiro atoms. The number of carbonyl (C=O) groups is 1. The van der Waals surface area contributed by atoms with Gasteiger partial charge in [0, 0.05) is 18.5 Å². The van der Waals surface area contributed by atoms with Gasteiger partial charge in [-0.25, -0.2) is 0 Å². The highest BCUT2D eigenvalue weighted by Gasteiger charge is 2.27. The summed E-state index contributed by atoms with van der Waals surface area (Å²) in [6, 6.07) is 0. The zero-order valence-electron chi connectivity index (χ0n) is 12.2. The number of amides is 1. The minimum atomic E-state index is 0.136. The van der Waals surface area contributed by atoms with Crippen molar-refractivity contribution in [2.45, 2.75) is 77.2 Å². The van der Waals surface area contributed by atoms with Crippen molar-refractivity contribution >= 4 is 5.91 Å². The second-order valence-electron chi connectivity index (χ2n) is 5.89. The van der Waals surface area contributed by atoms with Crippen molar-refractivity contribution in [2.24, 2.45) is 0 Å². The smallest absolute Gasteiger partial charge is 0.220 e. The van der Waals surface area contributed by atoms with Crippen LogP contribution in [0.15, 0.2) is 0 Å². The van der Waals surface area contributed by atoms with Crippen molar-refractivity contribution in [3.63, 3.8) is 0 Å². The molecule has 1 unspecified atom stereocenters. The van der Waals surface area contributed by atoms with E-state index in [-0.39, 0.29) is 11.4 Å². The maximum atomic E-state index is 11.7. The average Bonchev–Trinajstić information content (AvgIpc) is 2.79. The molecule has 1 fully saturated rings. The lowest BCUT2D eigenvalue weighted by Gasteiger charge is -2.24. The van der Waals surface area contributed by atoms with Gasteiger partial charge in [0.25, 0.3) is 0 Å². The Kier molecular flexibility index (Phi) is 7.33. The van der Waals surface area contributed by atoms with Gasteiger partial charge in [-0.1, -0.05) is 39.0 Å². The van der Waals surface area contributed by atoms with Gasteiger partial charge in [-0.15, -0.1) is 0 Å². The third kappa shape index (κ3) is 6.39. The minimum absolute atomic E-state index is 0.136. The molecule has 1 heterocycles. The molecule has 1 amide bonds. The van der Waals surface area contributed by atoms with Gasteiger partial charge in [0.1, 0.15) is 0 Å². The maximum absolute atomic E-state index is 11.7. The van der Waals surface area contributed by atoms with Crippen LogP contribution in [0.2, 0.25) is 0 Å². The van der Waals surface area contributed by atoms with E-state index < -0.39 is 0 Å². The Bertz CT molecular complexity index is 235. The van der Waals surface area contributed by atoms with Crippen molar-refractivity contribution in [3.8, 4) is 0 Å². The van der Waals surface area contributed by atoms with Crippen LogP contribution in [0.25, 0.3) is 0 Å². The number of nitrogens with one attached hydrogen (secondary N) is 2. The summed E-state index contributed by atoms with van der Waals surface area (Å²) in [5, 5.41) is 6.53. The van der Waals surface area contributed by atoms with Crippen LogP contribution in [-0.4, -0.2) is 24.5 Å². The van der Waals surface area contributed by atoms with Gasteiger partial charge in [-0.3, -0.25) is 4.79 Å². The highest BCUT2D eigenvalue weighted by atomic mass is 16.1. The number of hydrogen-bond donors (Lipinski definition) is 2. The first kappa shape index (κ1) is 15.5. The second kappa shape index (κ2) is 8.52. The molecule has 1 aliphatic rings. The van der Waals surface area contributed by atoms with Crippen molar-refractivity contribution in [2.75, 3.05) is 13.1 Å². The van der Waals surface area contributed by atoms with Crippen molar-refractivity contribution in [1.82, 2.24) is 10.6 Å². The number of carbonyl (C=O) groups excluding carboxylic acids is 1. The van der Waals surface area contributed by atoms with Gasteiger partial charge in [0.2, 0.25) is 5.91 Å². The third-order valence-electron chi connectivity index (χ3n) is 3.89. The van der Waals surface area contributed by atoms with Gasteiger partial charge in [-0.05, 0) is 32.7 Å². The molecule has 2 N–H and O–H groups in total. The van der Waals surface area contributed by atoms with Crippen LogP contribution in [0.4, 0.5) is 0 Å². The maximum Gasteiger partial charge on any atom is 0.220 e. The SMILES string of the molecule is CCCCCCCCC(=O)NCC1(C)CCCN1. The van der Waals surface area contributed by atoms with Gasteiger partial charge < -0.3 is 10.6 Å². The van der Waals surface area contributed by atoms with E-state index >= 15 is 0 Å². The largest absolute Gasteiger partial charge is 0.354 e. The summed E-state index contributed by atoms with van der Waals surface area (Å²) in [4.78, 5) is 11.7. The molecule has 1 saturated heterocycles. The molecule has 0 aromatic carbocycles. The first-order valence-corrected chi connectivity index (χ1v) is 7.68. The van der Waals surface area contributed by atoms with E-state index in [9.17, 15) is 4.79 Å². The molecular weight excluding hydrogens is 224 g/mol. The van der Waals surface area contributed by atoms with Crippen LogP contribution >= 0.6 is 0 Å². The molecule has 106 valence electrons. The highest BCUT2D eigenvalue weighted by Crippen LogP contribution is 2.17. The number of unbranched alkanes of at least 4 members (excludes halogenated alkanes) is 5. The Morgan fingerprint density at radius 2 is 1.94 bits per heavy atom. The van der Waals surface area contributed by atoms with Crippen LogP contribution < -0.4 is 10.6 Å². The molecule has 1 aliphatic heterocycles. The van der Waals surface area contributed by atoms with Crippen molar-refractivity contribution in [1.29, 1.82) is 0 Å². The Morgan fingerprint density at radius 1 is 1.22 bits per heavy atom. The first-order valence-electron chi connectivity index (χ1n) is 7.68. The van der Waals surface area contributed by atoms with E-state index in [1.54, 1.807) is 0 Å². The molecule has 0 saturated carbocycles. The van der Waals surface area contributed by atoms with Gasteiger partial charge in [0.05, 0.1) is 0 Å². The molecule has 1 atom stereocenters. The van der Waals surface area contributed by atoms with E-state index in [0.717, 1.165) is 19.5 Å². The van der Waals surface area contributed by atoms with E-state index in [0.29, 0.717) is 6.42 Å². The molecular formula is C15H30N2O. The normalized spacial score (nSPS) is 23.2. The average molecular weight is 254 g/mol. The van der Waals surface area contributed by atoms with Gasteiger partial charge in [0.15, 0.2) is 0 Å². The molecule has 0 radical (unpaired) electrons. The molecule has 0 aliphatic carbocycles. The van der Waals surface area contributed by atoms with Crippen LogP contribution in [0.1, 0.15) is 71.6 Å². The van der Waals surface area contributed by atoms with Crippen LogP contribution in [-0.2, 0) is 4.79 Å². The van der Waals surface area contributed by atoms with E-state index in [1.165, 1.54) is 44.9 Å². The van der Waals surface area contributed by atoms with Crippen LogP contribution in [0, 0.1) is 0 Å². The Hall–Kier alpha value is -0.570. The fourth-order valence-corrected chi connectivity index (χ4v) is 2.56. The van der Waals surface area contributed by atoms with Crippen LogP contribution in [0.3, 0.4) is 0 Å². The van der Waals surface area contributed by atoms with Crippen molar-refractivity contribution < 1.29 is 4.79 Å². The zero-order valence-corrected chi connectivity index (χ0v) is 12.2. The number of rotatable bonds is 9. The summed E-state index contributed by atoms with van der Waals surface area (Å²) in [6.45, 7) is 6.29. The zero-order chi connectivity index (χ0) is 13.3. The third-order valence-corrected chi connectivity index (χ3v) is 3.89. The summed E-state index contributed by atoms with van der Waals surface area (Å²) in [7, 11) is 0. The summed E-state index contributed by atoms with van der Waals surface area (Å²) >= 11 is 0. The first-order chi connectivity index (χ1) is 8.66. The predicted octanol–water partition coefficient (Wildman–Crippen LogP) is 3.00. The minimum Gasteiger partial charge on any atom is -0.354 e. The van der Waals surface area contributed by atoms with Crippen molar-refractivity contribution in [3.05, 3.63) is 0 Å². The summed E-state index contributed by atoms with van der Waals surface area (Å²) < 4.78 is 0. The second-order valence-corrected chi connectivity index (χ2v) is 5.89. The highest BCUT2D eigenvalue weighted by molar-refractivity contribution is 5.75. The Labute approximate surface area is 112 Å². The molecule has 1 rings (SSSR count). The lowest BCUT2D eigenvalue weighted by Crippen LogP contribution is -2.47. The van der Waals surface area contributed by atoms with Gasteiger partial charge in [-0.2, -0.15) is 0 Å². The predicted molar refractivity (Wildman–Crippen MR) is 76.6 cm³/mol. The number of hydrogen-bond acceptors (Lipinski definition) is 2. The topological polar surface area (TPSA) is 41.1 Å². The summed E-state index contributed by atoms with van der Waals surface area (Å²) in [5.41, 5.74) is 0.136. The fourth-order valence-electron chi connectivity index (χ4n) is 2.56. The standard InChI is InChI=1S/C15H30N2O/c1-3-4-5-6-7-8-10-14(18)16-13-15(2)11-9-12-17-15/h17H,3-13H2,1-2H3,(H,16,18). The van der Waals surface area contributed by atoms with Crippen LogP contribution in [0.5, 0.6) is 0 Å². The molecule has 3 heteroatoms. The lowest BCUT2D eigenvalue weighted by molar-refractivity contribution is -0.121. The Balaban J connectivity index is 1.97. The molecule has 0 aromatic rings. The van der Waals surface area contributed by atoms with Gasteiger partial charge >= 0.3 is 0 Å². The molecule has 0 bridgehead atoms. The molecule has 0 aromatic heterocycles. The lowest BCUT2D eigenvalue weighted by atomic mass is 10.0.